The fourth-order valence-corrected chi connectivity index (χ4v) is 4.03. The molecule has 1 saturated carbocycles. The number of thiazole rings is 1. The third kappa shape index (κ3) is 7.73. The second kappa shape index (κ2) is 12.3. The third-order valence-electron chi connectivity index (χ3n) is 4.72. The molecule has 2 aromatic rings. The first kappa shape index (κ1) is 23.9. The van der Waals surface area contributed by atoms with E-state index >= 15 is 0 Å². The van der Waals surface area contributed by atoms with E-state index in [0.29, 0.717) is 31.0 Å². The topological polar surface area (TPSA) is 71.4 Å². The molecule has 3 rings (SSSR count). The highest BCUT2D eigenvalue weighted by Crippen LogP contribution is 2.23. The van der Waals surface area contributed by atoms with Crippen molar-refractivity contribution >= 4 is 41.3 Å². The zero-order chi connectivity index (χ0) is 19.8. The van der Waals surface area contributed by atoms with Gasteiger partial charge in [0.25, 0.3) is 0 Å². The van der Waals surface area contributed by atoms with E-state index in [4.69, 9.17) is 9.73 Å². The molecule has 0 unspecified atom stereocenters. The minimum absolute atomic E-state index is 0. The van der Waals surface area contributed by atoms with Crippen molar-refractivity contribution in [2.75, 3.05) is 6.54 Å². The molecule has 8 heteroatoms. The molecule has 0 atom stereocenters. The molecule has 0 radical (unpaired) electrons. The Bertz CT molecular complexity index is 774. The fraction of sp³-hybridized carbons (Fsp3) is 0.571. The number of pyridine rings is 1. The number of halogens is 1. The average Bonchev–Trinajstić information content (AvgIpc) is 3.36. The van der Waals surface area contributed by atoms with E-state index in [-0.39, 0.29) is 24.0 Å². The highest BCUT2D eigenvalue weighted by atomic mass is 127. The van der Waals surface area contributed by atoms with Crippen LogP contribution in [0.25, 0.3) is 0 Å². The average molecular weight is 529 g/mol. The Balaban J connectivity index is 0.00000300. The van der Waals surface area contributed by atoms with Crippen molar-refractivity contribution < 1.29 is 4.74 Å². The lowest BCUT2D eigenvalue weighted by Crippen LogP contribution is -2.36. The molecule has 0 amide bonds. The van der Waals surface area contributed by atoms with Crippen LogP contribution in [0.2, 0.25) is 0 Å². The van der Waals surface area contributed by atoms with Crippen molar-refractivity contribution in [3.05, 3.63) is 40.0 Å². The molecule has 6 nitrogen and oxygen atoms in total. The number of aromatic nitrogens is 2. The van der Waals surface area contributed by atoms with Crippen molar-refractivity contribution in [3.8, 4) is 5.88 Å². The number of hydrogen-bond donors (Lipinski definition) is 2. The van der Waals surface area contributed by atoms with Crippen LogP contribution in [0, 0.1) is 0 Å². The molecule has 0 saturated heterocycles. The smallest absolute Gasteiger partial charge is 0.213 e. The van der Waals surface area contributed by atoms with E-state index < -0.39 is 0 Å². The van der Waals surface area contributed by atoms with Gasteiger partial charge in [-0.2, -0.15) is 0 Å². The monoisotopic (exact) mass is 529 g/mol. The molecule has 2 heterocycles. The van der Waals surface area contributed by atoms with Crippen molar-refractivity contribution in [1.29, 1.82) is 0 Å². The standard InChI is InChI=1S/C21H31N5OS.HI/c1-4-22-21(25-13-20-26-18(14-28-20)15(2)3)24-12-16-9-10-23-19(11-16)27-17-7-5-6-8-17;/h9-11,14-15,17H,4-8,12-13H2,1-3H3,(H2,22,24,25);1H. The second-order valence-corrected chi connectivity index (χ2v) is 8.34. The van der Waals surface area contributed by atoms with Crippen molar-refractivity contribution in [3.63, 3.8) is 0 Å². The first-order chi connectivity index (χ1) is 13.6. The van der Waals surface area contributed by atoms with Gasteiger partial charge in [0.15, 0.2) is 5.96 Å². The largest absolute Gasteiger partial charge is 0.474 e. The molecule has 0 bridgehead atoms. The number of hydrogen-bond acceptors (Lipinski definition) is 5. The maximum atomic E-state index is 6.00. The van der Waals surface area contributed by atoms with Crippen molar-refractivity contribution in [1.82, 2.24) is 20.6 Å². The summed E-state index contributed by atoms with van der Waals surface area (Å²) in [5.74, 6) is 1.96. The summed E-state index contributed by atoms with van der Waals surface area (Å²) in [4.78, 5) is 13.7. The number of nitrogens with zero attached hydrogens (tertiary/aromatic N) is 3. The maximum absolute atomic E-state index is 6.00. The van der Waals surface area contributed by atoms with Crippen LogP contribution in [-0.4, -0.2) is 28.6 Å². The zero-order valence-corrected chi connectivity index (χ0v) is 20.6. The molecule has 160 valence electrons. The summed E-state index contributed by atoms with van der Waals surface area (Å²) in [5, 5.41) is 9.88. The van der Waals surface area contributed by atoms with Gasteiger partial charge in [0.2, 0.25) is 5.88 Å². The molecule has 1 aliphatic rings. The van der Waals surface area contributed by atoms with Gasteiger partial charge in [-0.1, -0.05) is 13.8 Å². The van der Waals surface area contributed by atoms with Gasteiger partial charge >= 0.3 is 0 Å². The lowest BCUT2D eigenvalue weighted by molar-refractivity contribution is 0.201. The molecular weight excluding hydrogens is 497 g/mol. The van der Waals surface area contributed by atoms with Crippen LogP contribution in [-0.2, 0) is 13.1 Å². The van der Waals surface area contributed by atoms with Crippen molar-refractivity contribution in [2.24, 2.45) is 4.99 Å². The lowest BCUT2D eigenvalue weighted by Gasteiger charge is -2.13. The Kier molecular flexibility index (Phi) is 10.1. The molecule has 1 fully saturated rings. The molecule has 1 aliphatic carbocycles. The normalized spacial score (nSPS) is 14.7. The quantitative estimate of drug-likeness (QED) is 0.291. The molecule has 0 aliphatic heterocycles. The Morgan fingerprint density at radius 2 is 2.10 bits per heavy atom. The molecule has 2 N–H and O–H groups in total. The summed E-state index contributed by atoms with van der Waals surface area (Å²) in [6.07, 6.45) is 6.90. The Morgan fingerprint density at radius 3 is 2.79 bits per heavy atom. The lowest BCUT2D eigenvalue weighted by atomic mass is 10.2. The van der Waals surface area contributed by atoms with E-state index in [9.17, 15) is 0 Å². The van der Waals surface area contributed by atoms with E-state index in [2.05, 4.69) is 46.8 Å². The number of ether oxygens (including phenoxy) is 1. The van der Waals surface area contributed by atoms with Gasteiger partial charge in [0, 0.05) is 24.2 Å². The zero-order valence-electron chi connectivity index (χ0n) is 17.5. The van der Waals surface area contributed by atoms with Gasteiger partial charge in [-0.05, 0) is 50.2 Å². The van der Waals surface area contributed by atoms with Gasteiger partial charge in [0.05, 0.1) is 18.8 Å². The summed E-state index contributed by atoms with van der Waals surface area (Å²) < 4.78 is 6.00. The molecule has 2 aromatic heterocycles. The summed E-state index contributed by atoms with van der Waals surface area (Å²) >= 11 is 1.69. The Morgan fingerprint density at radius 1 is 1.31 bits per heavy atom. The highest BCUT2D eigenvalue weighted by molar-refractivity contribution is 14.0. The molecular formula is C21H32IN5OS. The van der Waals surface area contributed by atoms with E-state index in [1.165, 1.54) is 12.8 Å². The van der Waals surface area contributed by atoms with Gasteiger partial charge in [-0.25, -0.2) is 15.0 Å². The first-order valence-corrected chi connectivity index (χ1v) is 11.1. The predicted molar refractivity (Wildman–Crippen MR) is 130 cm³/mol. The molecule has 0 aromatic carbocycles. The minimum Gasteiger partial charge on any atom is -0.474 e. The van der Waals surface area contributed by atoms with Crippen LogP contribution in [0.1, 0.15) is 68.6 Å². The highest BCUT2D eigenvalue weighted by Gasteiger charge is 2.17. The SMILES string of the molecule is CCNC(=NCc1ccnc(OC2CCCC2)c1)NCc1nc(C(C)C)cs1.I. The fourth-order valence-electron chi connectivity index (χ4n) is 3.13. The molecule has 0 spiro atoms. The summed E-state index contributed by atoms with van der Waals surface area (Å²) in [5.41, 5.74) is 2.24. The number of aliphatic imine (C=N–C) groups is 1. The summed E-state index contributed by atoms with van der Waals surface area (Å²) in [6, 6.07) is 3.99. The Labute approximate surface area is 195 Å². The van der Waals surface area contributed by atoms with E-state index in [1.54, 1.807) is 17.5 Å². The maximum Gasteiger partial charge on any atom is 0.213 e. The third-order valence-corrected chi connectivity index (χ3v) is 5.59. The minimum atomic E-state index is 0. The summed E-state index contributed by atoms with van der Waals surface area (Å²) in [6.45, 7) is 8.46. The number of nitrogens with one attached hydrogen (secondary N) is 2. The van der Waals surface area contributed by atoms with E-state index in [1.807, 2.05) is 12.1 Å². The van der Waals surface area contributed by atoms with Gasteiger partial charge in [0.1, 0.15) is 11.1 Å². The first-order valence-electron chi connectivity index (χ1n) is 10.2. The number of guanidine groups is 1. The summed E-state index contributed by atoms with van der Waals surface area (Å²) in [7, 11) is 0. The van der Waals surface area contributed by atoms with E-state index in [0.717, 1.165) is 41.6 Å². The van der Waals surface area contributed by atoms with Crippen LogP contribution in [0.5, 0.6) is 5.88 Å². The predicted octanol–water partition coefficient (Wildman–Crippen LogP) is 4.86. The van der Waals surface area contributed by atoms with Crippen molar-refractivity contribution in [2.45, 2.75) is 71.6 Å². The van der Waals surface area contributed by atoms with Crippen LogP contribution >= 0.6 is 35.3 Å². The van der Waals surface area contributed by atoms with Crippen LogP contribution in [0.3, 0.4) is 0 Å². The van der Waals surface area contributed by atoms with Gasteiger partial charge < -0.3 is 15.4 Å². The van der Waals surface area contributed by atoms with Crippen LogP contribution in [0.4, 0.5) is 0 Å². The van der Waals surface area contributed by atoms with Crippen LogP contribution < -0.4 is 15.4 Å². The van der Waals surface area contributed by atoms with Crippen LogP contribution in [0.15, 0.2) is 28.7 Å². The number of rotatable bonds is 8. The molecule has 29 heavy (non-hydrogen) atoms. The second-order valence-electron chi connectivity index (χ2n) is 7.40. The van der Waals surface area contributed by atoms with Gasteiger partial charge in [-0.15, -0.1) is 35.3 Å². The van der Waals surface area contributed by atoms with Gasteiger partial charge in [-0.3, -0.25) is 0 Å². The Hall–Kier alpha value is -1.42.